The maximum atomic E-state index is 12.9. The Labute approximate surface area is 148 Å². The first-order chi connectivity index (χ1) is 11.7. The van der Waals surface area contributed by atoms with Gasteiger partial charge in [0.15, 0.2) is 9.84 Å². The van der Waals surface area contributed by atoms with E-state index in [0.717, 1.165) is 40.5 Å². The number of methoxy groups -OCH3 is 1. The third kappa shape index (κ3) is 4.23. The molecule has 0 unspecified atom stereocenters. The molecule has 0 aliphatic rings. The number of rotatable bonds is 5. The van der Waals surface area contributed by atoms with Crippen LogP contribution in [0, 0.1) is 19.7 Å². The van der Waals surface area contributed by atoms with Crippen LogP contribution < -0.4 is 5.32 Å². The lowest BCUT2D eigenvalue weighted by Gasteiger charge is -2.07. The molecule has 0 radical (unpaired) electrons. The number of carbonyl (C=O) groups is 2. The Morgan fingerprint density at radius 1 is 1.20 bits per heavy atom. The fraction of sp³-hybridized carbons (Fsp3) is 0.250. The molecule has 0 aliphatic carbocycles. The Kier molecular flexibility index (Phi) is 5.58. The molecule has 6 nitrogen and oxygen atoms in total. The van der Waals surface area contributed by atoms with Gasteiger partial charge in [0, 0.05) is 4.88 Å². The van der Waals surface area contributed by atoms with Crippen molar-refractivity contribution in [1.82, 2.24) is 0 Å². The predicted molar refractivity (Wildman–Crippen MR) is 92.2 cm³/mol. The Balaban J connectivity index is 2.22. The van der Waals surface area contributed by atoms with Crippen LogP contribution in [0.2, 0.25) is 0 Å². The number of halogens is 1. The number of aryl methyl sites for hydroxylation is 1. The summed E-state index contributed by atoms with van der Waals surface area (Å²) >= 11 is 1.16. The standard InChI is InChI=1S/C16H16FNO5S2/c1-9-10(2)24-15(14(9)16(20)23-3)18-13(19)8-25(21,22)12-6-4-11(17)5-7-12/h4-7H,8H2,1-3H3,(H,18,19). The molecule has 9 heteroatoms. The highest BCUT2D eigenvalue weighted by molar-refractivity contribution is 7.92. The molecule has 0 saturated heterocycles. The second-order valence-corrected chi connectivity index (χ2v) is 8.45. The molecular formula is C16H16FNO5S2. The highest BCUT2D eigenvalue weighted by atomic mass is 32.2. The van der Waals surface area contributed by atoms with Crippen molar-refractivity contribution in [1.29, 1.82) is 0 Å². The number of thiophene rings is 1. The van der Waals surface area contributed by atoms with Crippen LogP contribution in [0.1, 0.15) is 20.8 Å². The van der Waals surface area contributed by atoms with Gasteiger partial charge >= 0.3 is 5.97 Å². The second-order valence-electron chi connectivity index (χ2n) is 5.24. The van der Waals surface area contributed by atoms with E-state index in [9.17, 15) is 22.4 Å². The van der Waals surface area contributed by atoms with E-state index in [2.05, 4.69) is 5.32 Å². The molecule has 1 heterocycles. The van der Waals surface area contributed by atoms with Gasteiger partial charge in [-0.15, -0.1) is 11.3 Å². The SMILES string of the molecule is COC(=O)c1c(NC(=O)CS(=O)(=O)c2ccc(F)cc2)sc(C)c1C. The average Bonchev–Trinajstić information content (AvgIpc) is 2.80. The number of hydrogen-bond acceptors (Lipinski definition) is 6. The number of hydrogen-bond donors (Lipinski definition) is 1. The number of sulfone groups is 1. The van der Waals surface area contributed by atoms with Crippen molar-refractivity contribution < 1.29 is 27.1 Å². The lowest BCUT2D eigenvalue weighted by atomic mass is 10.1. The fourth-order valence-electron chi connectivity index (χ4n) is 2.12. The first-order valence-corrected chi connectivity index (χ1v) is 9.59. The molecule has 0 aliphatic heterocycles. The van der Waals surface area contributed by atoms with E-state index in [1.165, 1.54) is 7.11 Å². The van der Waals surface area contributed by atoms with Gasteiger partial charge in [-0.25, -0.2) is 17.6 Å². The van der Waals surface area contributed by atoms with Crippen molar-refractivity contribution in [3.63, 3.8) is 0 Å². The summed E-state index contributed by atoms with van der Waals surface area (Å²) in [4.78, 5) is 24.7. The van der Waals surface area contributed by atoms with Gasteiger partial charge in [0.25, 0.3) is 0 Å². The third-order valence-corrected chi connectivity index (χ3v) is 6.28. The van der Waals surface area contributed by atoms with E-state index in [1.807, 2.05) is 0 Å². The van der Waals surface area contributed by atoms with Gasteiger partial charge in [0.2, 0.25) is 5.91 Å². The lowest BCUT2D eigenvalue weighted by Crippen LogP contribution is -2.23. The number of benzene rings is 1. The van der Waals surface area contributed by atoms with Crippen LogP contribution in [-0.4, -0.2) is 33.2 Å². The molecule has 1 aromatic heterocycles. The number of nitrogens with one attached hydrogen (secondary N) is 1. The highest BCUT2D eigenvalue weighted by Crippen LogP contribution is 2.33. The van der Waals surface area contributed by atoms with Crippen LogP contribution in [0.4, 0.5) is 9.39 Å². The molecule has 1 amide bonds. The maximum Gasteiger partial charge on any atom is 0.341 e. The smallest absolute Gasteiger partial charge is 0.341 e. The van der Waals surface area contributed by atoms with Crippen LogP contribution in [0.25, 0.3) is 0 Å². The molecule has 134 valence electrons. The van der Waals surface area contributed by atoms with Crippen LogP contribution in [-0.2, 0) is 19.4 Å². The largest absolute Gasteiger partial charge is 0.465 e. The minimum Gasteiger partial charge on any atom is -0.465 e. The van der Waals surface area contributed by atoms with E-state index in [1.54, 1.807) is 13.8 Å². The highest BCUT2D eigenvalue weighted by Gasteiger charge is 2.24. The summed E-state index contributed by atoms with van der Waals surface area (Å²) < 4.78 is 42.0. The van der Waals surface area contributed by atoms with Gasteiger partial charge < -0.3 is 10.1 Å². The summed E-state index contributed by atoms with van der Waals surface area (Å²) in [6.07, 6.45) is 0. The zero-order valence-electron chi connectivity index (χ0n) is 13.8. The van der Waals surface area contributed by atoms with E-state index in [-0.39, 0.29) is 15.5 Å². The van der Waals surface area contributed by atoms with Crippen molar-refractivity contribution in [2.45, 2.75) is 18.7 Å². The van der Waals surface area contributed by atoms with Gasteiger partial charge in [0.1, 0.15) is 16.6 Å². The van der Waals surface area contributed by atoms with E-state index in [4.69, 9.17) is 4.74 Å². The summed E-state index contributed by atoms with van der Waals surface area (Å²) in [6.45, 7) is 3.49. The van der Waals surface area contributed by atoms with E-state index < -0.39 is 33.3 Å². The van der Waals surface area contributed by atoms with E-state index in [0.29, 0.717) is 5.56 Å². The quantitative estimate of drug-likeness (QED) is 0.631. The number of carbonyl (C=O) groups excluding carboxylic acids is 2. The Morgan fingerprint density at radius 2 is 1.80 bits per heavy atom. The van der Waals surface area contributed by atoms with Crippen molar-refractivity contribution in [2.24, 2.45) is 0 Å². The summed E-state index contributed by atoms with van der Waals surface area (Å²) in [6, 6.07) is 4.20. The van der Waals surface area contributed by atoms with Gasteiger partial charge in [0.05, 0.1) is 17.6 Å². The average molecular weight is 385 g/mol. The van der Waals surface area contributed by atoms with Crippen molar-refractivity contribution in [3.8, 4) is 0 Å². The first kappa shape index (κ1) is 19.1. The maximum absolute atomic E-state index is 12.9. The van der Waals surface area contributed by atoms with Crippen molar-refractivity contribution >= 4 is 38.1 Å². The normalized spacial score (nSPS) is 11.2. The summed E-state index contributed by atoms with van der Waals surface area (Å²) in [5.74, 6) is -2.81. The molecule has 0 saturated carbocycles. The van der Waals surface area contributed by atoms with Crippen molar-refractivity contribution in [2.75, 3.05) is 18.2 Å². The Bertz CT molecular complexity index is 917. The van der Waals surface area contributed by atoms with Gasteiger partial charge in [-0.3, -0.25) is 4.79 Å². The minimum atomic E-state index is -3.93. The number of esters is 1. The number of amides is 1. The van der Waals surface area contributed by atoms with Gasteiger partial charge in [-0.1, -0.05) is 0 Å². The summed E-state index contributed by atoms with van der Waals surface area (Å²) in [5.41, 5.74) is 0.867. The summed E-state index contributed by atoms with van der Waals surface area (Å²) in [5, 5.41) is 2.69. The van der Waals surface area contributed by atoms with Gasteiger partial charge in [-0.05, 0) is 43.7 Å². The second kappa shape index (κ2) is 7.32. The van der Waals surface area contributed by atoms with Gasteiger partial charge in [-0.2, -0.15) is 0 Å². The van der Waals surface area contributed by atoms with Crippen LogP contribution in [0.5, 0.6) is 0 Å². The Hall–Kier alpha value is -2.26. The molecule has 0 atom stereocenters. The molecular weight excluding hydrogens is 369 g/mol. The Morgan fingerprint density at radius 3 is 2.36 bits per heavy atom. The van der Waals surface area contributed by atoms with Crippen LogP contribution in [0.3, 0.4) is 0 Å². The zero-order valence-corrected chi connectivity index (χ0v) is 15.4. The fourth-order valence-corrected chi connectivity index (χ4v) is 4.32. The topological polar surface area (TPSA) is 89.5 Å². The van der Waals surface area contributed by atoms with Crippen LogP contribution >= 0.6 is 11.3 Å². The molecule has 2 rings (SSSR count). The van der Waals surface area contributed by atoms with E-state index >= 15 is 0 Å². The lowest BCUT2D eigenvalue weighted by molar-refractivity contribution is -0.113. The third-order valence-electron chi connectivity index (χ3n) is 3.52. The predicted octanol–water partition coefficient (Wildman–Crippen LogP) is 2.70. The molecule has 1 N–H and O–H groups in total. The first-order valence-electron chi connectivity index (χ1n) is 7.12. The molecule has 1 aromatic carbocycles. The molecule has 0 bridgehead atoms. The molecule has 0 spiro atoms. The van der Waals surface area contributed by atoms with Crippen LogP contribution in [0.15, 0.2) is 29.2 Å². The molecule has 2 aromatic rings. The van der Waals surface area contributed by atoms with Crippen molar-refractivity contribution in [3.05, 3.63) is 46.1 Å². The summed E-state index contributed by atoms with van der Waals surface area (Å²) in [7, 11) is -2.71. The number of ether oxygens (including phenoxy) is 1. The number of anilines is 1. The molecule has 25 heavy (non-hydrogen) atoms. The minimum absolute atomic E-state index is 0.157. The zero-order chi connectivity index (χ0) is 18.8. The monoisotopic (exact) mass is 385 g/mol. The molecule has 0 fully saturated rings.